The third-order valence-electron chi connectivity index (χ3n) is 5.68. The molecule has 1 saturated heterocycles. The quantitative estimate of drug-likeness (QED) is 0.625. The maximum absolute atomic E-state index is 12.9. The Morgan fingerprint density at radius 1 is 1.13 bits per heavy atom. The standard InChI is InChI=1S/C23H28N4O2S/c1-16-8-9-17(2)22-21(16)24-23(30-22)25(3)15-20(28)27-12-10-26(11-13-27)18-6-5-7-19(14-18)29-4/h5-9,14H,10-13,15H2,1-4H3. The van der Waals surface area contributed by atoms with Crippen LogP contribution in [0.1, 0.15) is 11.1 Å². The molecule has 0 aliphatic carbocycles. The number of hydrogen-bond acceptors (Lipinski definition) is 6. The highest BCUT2D eigenvalue weighted by atomic mass is 32.1. The minimum Gasteiger partial charge on any atom is -0.497 e. The average Bonchev–Trinajstić information content (AvgIpc) is 3.24. The van der Waals surface area contributed by atoms with Gasteiger partial charge in [-0.3, -0.25) is 4.79 Å². The van der Waals surface area contributed by atoms with Gasteiger partial charge in [0.25, 0.3) is 0 Å². The van der Waals surface area contributed by atoms with E-state index in [2.05, 4.69) is 36.9 Å². The number of carbonyl (C=O) groups is 1. The predicted octanol–water partition coefficient (Wildman–Crippen LogP) is 3.71. The van der Waals surface area contributed by atoms with Gasteiger partial charge in [-0.1, -0.05) is 29.5 Å². The molecular formula is C23H28N4O2S. The minimum absolute atomic E-state index is 0.149. The summed E-state index contributed by atoms with van der Waals surface area (Å²) in [6.07, 6.45) is 0. The number of anilines is 2. The molecule has 0 bridgehead atoms. The first-order valence-electron chi connectivity index (χ1n) is 10.2. The van der Waals surface area contributed by atoms with Gasteiger partial charge in [0.1, 0.15) is 5.75 Å². The van der Waals surface area contributed by atoms with Crippen LogP contribution in [0.5, 0.6) is 5.75 Å². The molecule has 0 spiro atoms. The van der Waals surface area contributed by atoms with Gasteiger partial charge in [0.15, 0.2) is 5.13 Å². The number of rotatable bonds is 5. The van der Waals surface area contributed by atoms with Gasteiger partial charge in [-0.05, 0) is 37.1 Å². The Hall–Kier alpha value is -2.80. The van der Waals surface area contributed by atoms with Gasteiger partial charge in [0, 0.05) is 45.0 Å². The first-order chi connectivity index (χ1) is 14.5. The van der Waals surface area contributed by atoms with Gasteiger partial charge in [-0.2, -0.15) is 0 Å². The Morgan fingerprint density at radius 2 is 1.87 bits per heavy atom. The first-order valence-corrected chi connectivity index (χ1v) is 11.0. The fourth-order valence-corrected chi connectivity index (χ4v) is 4.88. The number of nitrogens with zero attached hydrogens (tertiary/aromatic N) is 4. The number of methoxy groups -OCH3 is 1. The molecule has 1 aromatic heterocycles. The molecule has 30 heavy (non-hydrogen) atoms. The van der Waals surface area contributed by atoms with Crippen molar-refractivity contribution < 1.29 is 9.53 Å². The van der Waals surface area contributed by atoms with Crippen LogP contribution in [-0.4, -0.2) is 62.7 Å². The SMILES string of the molecule is COc1cccc(N2CCN(C(=O)CN(C)c3nc4c(C)ccc(C)c4s3)CC2)c1. The van der Waals surface area contributed by atoms with Gasteiger partial charge in [-0.25, -0.2) is 4.98 Å². The number of hydrogen-bond donors (Lipinski definition) is 0. The van der Waals surface area contributed by atoms with Crippen molar-refractivity contribution in [3.63, 3.8) is 0 Å². The van der Waals surface area contributed by atoms with E-state index in [-0.39, 0.29) is 5.91 Å². The average molecular weight is 425 g/mol. The Labute approximate surface area is 181 Å². The summed E-state index contributed by atoms with van der Waals surface area (Å²) in [6, 6.07) is 12.3. The van der Waals surface area contributed by atoms with E-state index in [4.69, 9.17) is 9.72 Å². The third kappa shape index (κ3) is 4.07. The number of carbonyl (C=O) groups excluding carboxylic acids is 1. The van der Waals surface area contributed by atoms with Crippen molar-refractivity contribution in [1.82, 2.24) is 9.88 Å². The lowest BCUT2D eigenvalue weighted by Gasteiger charge is -2.36. The van der Waals surface area contributed by atoms with Crippen LogP contribution >= 0.6 is 11.3 Å². The van der Waals surface area contributed by atoms with Crippen LogP contribution in [0.15, 0.2) is 36.4 Å². The molecule has 1 fully saturated rings. The van der Waals surface area contributed by atoms with Crippen LogP contribution in [0.3, 0.4) is 0 Å². The van der Waals surface area contributed by atoms with Crippen molar-refractivity contribution in [3.05, 3.63) is 47.5 Å². The molecule has 1 amide bonds. The zero-order chi connectivity index (χ0) is 21.3. The summed E-state index contributed by atoms with van der Waals surface area (Å²) < 4.78 is 6.53. The number of fused-ring (bicyclic) bond motifs is 1. The molecular weight excluding hydrogens is 396 g/mol. The molecule has 4 rings (SSSR count). The number of likely N-dealkylation sites (N-methyl/N-ethyl adjacent to an activating group) is 1. The molecule has 1 aliphatic rings. The minimum atomic E-state index is 0.149. The molecule has 158 valence electrons. The van der Waals surface area contributed by atoms with Crippen molar-refractivity contribution in [2.75, 3.05) is 56.7 Å². The van der Waals surface area contributed by atoms with Crippen LogP contribution in [0.4, 0.5) is 10.8 Å². The lowest BCUT2D eigenvalue weighted by atomic mass is 10.1. The molecule has 0 atom stereocenters. The van der Waals surface area contributed by atoms with E-state index in [1.807, 2.05) is 35.0 Å². The van der Waals surface area contributed by atoms with E-state index in [0.717, 1.165) is 48.3 Å². The summed E-state index contributed by atoms with van der Waals surface area (Å²) in [7, 11) is 3.63. The Morgan fingerprint density at radius 3 is 2.57 bits per heavy atom. The molecule has 0 N–H and O–H groups in total. The number of piperazine rings is 1. The smallest absolute Gasteiger partial charge is 0.242 e. The number of amides is 1. The molecule has 0 radical (unpaired) electrons. The highest BCUT2D eigenvalue weighted by molar-refractivity contribution is 7.22. The maximum Gasteiger partial charge on any atom is 0.242 e. The van der Waals surface area contributed by atoms with Crippen molar-refractivity contribution in [1.29, 1.82) is 0 Å². The Bertz CT molecular complexity index is 1020. The molecule has 0 unspecified atom stereocenters. The lowest BCUT2D eigenvalue weighted by molar-refractivity contribution is -0.129. The predicted molar refractivity (Wildman–Crippen MR) is 124 cm³/mol. The summed E-state index contributed by atoms with van der Waals surface area (Å²) in [6.45, 7) is 7.63. The topological polar surface area (TPSA) is 48.9 Å². The Balaban J connectivity index is 1.38. The normalized spacial score (nSPS) is 14.3. The van der Waals surface area contributed by atoms with Crippen LogP contribution in [0, 0.1) is 13.8 Å². The molecule has 7 heteroatoms. The van der Waals surface area contributed by atoms with Crippen LogP contribution in [0.2, 0.25) is 0 Å². The Kier molecular flexibility index (Phi) is 5.81. The van der Waals surface area contributed by atoms with E-state index in [1.54, 1.807) is 18.4 Å². The molecule has 3 aromatic rings. The molecule has 0 saturated carbocycles. The number of aromatic nitrogens is 1. The zero-order valence-corrected chi connectivity index (χ0v) is 18.8. The molecule has 2 heterocycles. The van der Waals surface area contributed by atoms with E-state index >= 15 is 0 Å². The molecule has 1 aliphatic heterocycles. The van der Waals surface area contributed by atoms with Gasteiger partial charge >= 0.3 is 0 Å². The van der Waals surface area contributed by atoms with E-state index in [9.17, 15) is 4.79 Å². The lowest BCUT2D eigenvalue weighted by Crippen LogP contribution is -2.51. The van der Waals surface area contributed by atoms with Gasteiger partial charge in [-0.15, -0.1) is 0 Å². The highest BCUT2D eigenvalue weighted by Crippen LogP contribution is 2.32. The van der Waals surface area contributed by atoms with Gasteiger partial charge in [0.05, 0.1) is 23.9 Å². The van der Waals surface area contributed by atoms with Crippen molar-refractivity contribution >= 4 is 38.3 Å². The van der Waals surface area contributed by atoms with Crippen LogP contribution in [0.25, 0.3) is 10.2 Å². The second-order valence-corrected chi connectivity index (χ2v) is 8.78. The van der Waals surface area contributed by atoms with Crippen LogP contribution < -0.4 is 14.5 Å². The van der Waals surface area contributed by atoms with Crippen molar-refractivity contribution in [2.24, 2.45) is 0 Å². The second-order valence-electron chi connectivity index (χ2n) is 7.80. The van der Waals surface area contributed by atoms with Crippen LogP contribution in [-0.2, 0) is 4.79 Å². The fraction of sp³-hybridized carbons (Fsp3) is 0.391. The number of thiazole rings is 1. The zero-order valence-electron chi connectivity index (χ0n) is 18.0. The fourth-order valence-electron chi connectivity index (χ4n) is 3.80. The van der Waals surface area contributed by atoms with E-state index in [1.165, 1.54) is 15.8 Å². The summed E-state index contributed by atoms with van der Waals surface area (Å²) in [5.41, 5.74) is 4.58. The first kappa shape index (κ1) is 20.5. The summed E-state index contributed by atoms with van der Waals surface area (Å²) in [4.78, 5) is 23.9. The largest absolute Gasteiger partial charge is 0.497 e. The van der Waals surface area contributed by atoms with Crippen molar-refractivity contribution in [3.8, 4) is 5.75 Å². The summed E-state index contributed by atoms with van der Waals surface area (Å²) >= 11 is 1.66. The highest BCUT2D eigenvalue weighted by Gasteiger charge is 2.23. The van der Waals surface area contributed by atoms with Gasteiger partial charge < -0.3 is 19.4 Å². The number of ether oxygens (including phenoxy) is 1. The molecule has 2 aromatic carbocycles. The number of benzene rings is 2. The second kappa shape index (κ2) is 8.52. The van der Waals surface area contributed by atoms with Crippen molar-refractivity contribution in [2.45, 2.75) is 13.8 Å². The number of aryl methyl sites for hydroxylation is 2. The maximum atomic E-state index is 12.9. The van der Waals surface area contributed by atoms with Gasteiger partial charge in [0.2, 0.25) is 5.91 Å². The third-order valence-corrected chi connectivity index (χ3v) is 6.99. The molecule has 6 nitrogen and oxygen atoms in total. The summed E-state index contributed by atoms with van der Waals surface area (Å²) in [5, 5.41) is 0.894. The monoisotopic (exact) mass is 424 g/mol. The van der Waals surface area contributed by atoms with E-state index in [0.29, 0.717) is 6.54 Å². The van der Waals surface area contributed by atoms with E-state index < -0.39 is 0 Å². The summed E-state index contributed by atoms with van der Waals surface area (Å²) in [5.74, 6) is 1.00.